The van der Waals surface area contributed by atoms with E-state index in [0.717, 1.165) is 11.1 Å². The Morgan fingerprint density at radius 2 is 0.857 bits per heavy atom. The van der Waals surface area contributed by atoms with Gasteiger partial charge in [-0.3, -0.25) is 9.59 Å². The molecule has 2 aliphatic carbocycles. The van der Waals surface area contributed by atoms with Crippen LogP contribution >= 0.6 is 0 Å². The molecule has 8 bridgehead atoms. The molecule has 4 heterocycles. The van der Waals surface area contributed by atoms with Gasteiger partial charge in [0.15, 0.2) is 0 Å². The summed E-state index contributed by atoms with van der Waals surface area (Å²) in [7, 11) is 3.16. The van der Waals surface area contributed by atoms with E-state index >= 15 is 0 Å². The summed E-state index contributed by atoms with van der Waals surface area (Å²) in [6.45, 7) is 1.49. The molecule has 0 aromatic heterocycles. The maximum Gasteiger partial charge on any atom is 0.220 e. The van der Waals surface area contributed by atoms with Crippen LogP contribution in [0.1, 0.15) is 36.8 Å². The smallest absolute Gasteiger partial charge is 0.220 e. The molecule has 8 rings (SSSR count). The Morgan fingerprint density at radius 3 is 1.05 bits per heavy atom. The normalized spacial score (nSPS) is 41.7. The summed E-state index contributed by atoms with van der Waals surface area (Å²) in [5.41, 5.74) is -2.57. The third kappa shape index (κ3) is 2.52. The Bertz CT molecular complexity index is 1270. The molecule has 224 valence electrons. The van der Waals surface area contributed by atoms with E-state index in [9.17, 15) is 30.0 Å². The Kier molecular flexibility index (Phi) is 5.72. The summed E-state index contributed by atoms with van der Waals surface area (Å²) in [4.78, 5) is 30.8. The minimum Gasteiger partial charge on any atom is -0.497 e. The number of hydrogen-bond acceptors (Lipinski definition) is 8. The first-order valence-corrected chi connectivity index (χ1v) is 14.5. The van der Waals surface area contributed by atoms with Gasteiger partial charge in [-0.05, 0) is 35.4 Å². The predicted molar refractivity (Wildman–Crippen MR) is 150 cm³/mol. The van der Waals surface area contributed by atoms with E-state index in [-0.39, 0.29) is 38.2 Å². The fourth-order valence-corrected chi connectivity index (χ4v) is 11.7. The van der Waals surface area contributed by atoms with Crippen LogP contribution in [0.3, 0.4) is 0 Å². The molecule has 6 aliphatic rings. The molecule has 0 spiro atoms. The highest BCUT2D eigenvalue weighted by Crippen LogP contribution is 2.91. The van der Waals surface area contributed by atoms with Crippen LogP contribution in [0.4, 0.5) is 0 Å². The number of carbonyl (C=O) groups excluding carboxylic acids is 2. The van der Waals surface area contributed by atoms with Gasteiger partial charge in [0.25, 0.3) is 0 Å². The van der Waals surface area contributed by atoms with Crippen LogP contribution in [0.15, 0.2) is 48.5 Å². The molecule has 2 amide bonds. The van der Waals surface area contributed by atoms with Crippen LogP contribution in [-0.4, -0.2) is 107 Å². The summed E-state index contributed by atoms with van der Waals surface area (Å²) >= 11 is 0. The van der Waals surface area contributed by atoms with E-state index in [4.69, 9.17) is 9.47 Å². The zero-order chi connectivity index (χ0) is 30.0. The summed E-state index contributed by atoms with van der Waals surface area (Å²) in [6, 6.07) is 12.4. The number of aliphatic hydroxyl groups is 4. The molecule has 2 saturated carbocycles. The van der Waals surface area contributed by atoms with Crippen molar-refractivity contribution in [3.8, 4) is 11.5 Å². The molecular formula is C32H38N2O8. The molecule has 42 heavy (non-hydrogen) atoms. The number of benzene rings is 2. The van der Waals surface area contributed by atoms with E-state index in [1.807, 2.05) is 48.5 Å². The lowest BCUT2D eigenvalue weighted by atomic mass is 9.16. The molecule has 4 saturated heterocycles. The van der Waals surface area contributed by atoms with Crippen LogP contribution in [0.25, 0.3) is 0 Å². The first-order valence-electron chi connectivity index (χ1n) is 14.5. The van der Waals surface area contributed by atoms with Gasteiger partial charge in [0.05, 0.1) is 64.8 Å². The molecule has 0 unspecified atom stereocenters. The predicted octanol–water partition coefficient (Wildman–Crippen LogP) is 0.725. The van der Waals surface area contributed by atoms with Gasteiger partial charge in [-0.25, -0.2) is 0 Å². The van der Waals surface area contributed by atoms with Crippen molar-refractivity contribution in [1.82, 2.24) is 9.80 Å². The first-order chi connectivity index (χ1) is 20.2. The number of ether oxygens (including phenoxy) is 2. The van der Waals surface area contributed by atoms with Crippen LogP contribution in [-0.2, 0) is 9.59 Å². The SMILES string of the molecule is COc1ccc(C2C3(CO)C4N(C(C)=O)C5C2(CO)C2N(C(C)=O)C3C4(CO)C(c3ccc(OC)cc3)C52CO)cc1. The lowest BCUT2D eigenvalue weighted by Gasteiger charge is -2.97. The number of piperidine rings is 4. The largest absolute Gasteiger partial charge is 0.497 e. The second-order valence-corrected chi connectivity index (χ2v) is 13.0. The van der Waals surface area contributed by atoms with Crippen molar-refractivity contribution in [1.29, 1.82) is 0 Å². The molecule has 4 aliphatic heterocycles. The molecule has 6 fully saturated rings. The quantitative estimate of drug-likeness (QED) is 0.360. The van der Waals surface area contributed by atoms with Crippen molar-refractivity contribution in [3.63, 3.8) is 0 Å². The highest BCUT2D eigenvalue weighted by Gasteiger charge is 3.00. The third-order valence-electron chi connectivity index (χ3n) is 12.1. The van der Waals surface area contributed by atoms with Gasteiger partial charge >= 0.3 is 0 Å². The number of carbonyl (C=O) groups is 2. The standard InChI is InChI=1S/C32H38N2O8/c1-17(39)33-25-29(13-35)23(19-5-9-21(41-3)10-6-19)30(14-36)26(33)32(16-38)24(20-7-11-22(42-4)12-8-20)31(25,15-37)27(29)34(18(2)40)28(30)32/h5-12,23-28,35-38H,13-16H2,1-4H3. The molecule has 10 nitrogen and oxygen atoms in total. The fourth-order valence-electron chi connectivity index (χ4n) is 11.7. The second kappa shape index (κ2) is 8.69. The number of hydrogen-bond donors (Lipinski definition) is 4. The van der Waals surface area contributed by atoms with Crippen molar-refractivity contribution in [2.45, 2.75) is 49.9 Å². The second-order valence-electron chi connectivity index (χ2n) is 13.0. The van der Waals surface area contributed by atoms with E-state index in [1.165, 1.54) is 13.8 Å². The highest BCUT2D eigenvalue weighted by molar-refractivity contribution is 5.82. The summed E-state index contributed by atoms with van der Waals surface area (Å²) in [5, 5.41) is 46.0. The van der Waals surface area contributed by atoms with Crippen LogP contribution < -0.4 is 9.47 Å². The Balaban J connectivity index is 1.58. The minimum atomic E-state index is -1.07. The van der Waals surface area contributed by atoms with Crippen molar-refractivity contribution in [2.75, 3.05) is 40.6 Å². The highest BCUT2D eigenvalue weighted by atomic mass is 16.5. The maximum atomic E-state index is 13.7. The number of methoxy groups -OCH3 is 2. The number of rotatable bonds is 8. The molecule has 10 heteroatoms. The fraction of sp³-hybridized carbons (Fsp3) is 0.562. The number of amides is 2. The van der Waals surface area contributed by atoms with Crippen molar-refractivity contribution in [2.24, 2.45) is 21.7 Å². The van der Waals surface area contributed by atoms with Gasteiger partial charge in [-0.2, -0.15) is 0 Å². The summed E-state index contributed by atoms with van der Waals surface area (Å²) in [5.74, 6) is -0.0981. The van der Waals surface area contributed by atoms with Crippen molar-refractivity contribution < 1.29 is 39.5 Å². The lowest BCUT2D eigenvalue weighted by Crippen LogP contribution is -3.08. The van der Waals surface area contributed by atoms with Crippen molar-refractivity contribution >= 4 is 11.8 Å². The molecular weight excluding hydrogens is 540 g/mol. The van der Waals surface area contributed by atoms with E-state index < -0.39 is 57.7 Å². The molecule has 2 aromatic rings. The Morgan fingerprint density at radius 1 is 0.595 bits per heavy atom. The Labute approximate surface area is 244 Å². The van der Waals surface area contributed by atoms with Gasteiger partial charge < -0.3 is 39.7 Å². The van der Waals surface area contributed by atoms with Gasteiger partial charge in [0, 0.05) is 47.3 Å². The van der Waals surface area contributed by atoms with E-state index in [2.05, 4.69) is 0 Å². The summed E-state index contributed by atoms with van der Waals surface area (Å²) < 4.78 is 10.8. The zero-order valence-electron chi connectivity index (χ0n) is 24.2. The van der Waals surface area contributed by atoms with Crippen LogP contribution in [0, 0.1) is 21.7 Å². The average molecular weight is 579 g/mol. The first kappa shape index (κ1) is 27.6. The molecule has 0 atom stereocenters. The topological polar surface area (TPSA) is 140 Å². The van der Waals surface area contributed by atoms with Crippen LogP contribution in [0.5, 0.6) is 11.5 Å². The Hall–Kier alpha value is -3.18. The van der Waals surface area contributed by atoms with E-state index in [0.29, 0.717) is 11.5 Å². The lowest BCUT2D eigenvalue weighted by molar-refractivity contribution is -0.475. The molecule has 2 aromatic carbocycles. The number of aliphatic hydroxyl groups excluding tert-OH is 4. The monoisotopic (exact) mass is 578 g/mol. The van der Waals surface area contributed by atoms with Gasteiger partial charge in [0.1, 0.15) is 11.5 Å². The zero-order valence-corrected chi connectivity index (χ0v) is 24.2. The third-order valence-corrected chi connectivity index (χ3v) is 12.1. The maximum absolute atomic E-state index is 13.7. The average Bonchev–Trinajstić information content (AvgIpc) is 2.99. The van der Waals surface area contributed by atoms with Crippen LogP contribution in [0.2, 0.25) is 0 Å². The minimum absolute atomic E-state index is 0.245. The molecule has 0 radical (unpaired) electrons. The van der Waals surface area contributed by atoms with E-state index in [1.54, 1.807) is 24.0 Å². The van der Waals surface area contributed by atoms with Gasteiger partial charge in [-0.15, -0.1) is 0 Å². The van der Waals surface area contributed by atoms with Crippen molar-refractivity contribution in [3.05, 3.63) is 59.7 Å². The number of nitrogens with zero attached hydrogens (tertiary/aromatic N) is 2. The summed E-state index contributed by atoms with van der Waals surface area (Å²) in [6.07, 6.45) is 0. The van der Waals surface area contributed by atoms with Gasteiger partial charge in [0.2, 0.25) is 11.8 Å². The molecule has 4 N–H and O–H groups in total. The van der Waals surface area contributed by atoms with Gasteiger partial charge in [-0.1, -0.05) is 24.3 Å².